The minimum Gasteiger partial charge on any atom is -0.492 e. The third-order valence-electron chi connectivity index (χ3n) is 5.95. The van der Waals surface area contributed by atoms with Gasteiger partial charge < -0.3 is 19.7 Å². The van der Waals surface area contributed by atoms with Gasteiger partial charge in [-0.25, -0.2) is 0 Å². The van der Waals surface area contributed by atoms with Crippen molar-refractivity contribution in [1.29, 1.82) is 0 Å². The smallest absolute Gasteiger partial charge is 0.258 e. The molecular weight excluding hydrogens is 404 g/mol. The van der Waals surface area contributed by atoms with Crippen molar-refractivity contribution < 1.29 is 14.4 Å². The van der Waals surface area contributed by atoms with Gasteiger partial charge in [0, 0.05) is 41.5 Å². The molecule has 4 rings (SSSR count). The highest BCUT2D eigenvalue weighted by Gasteiger charge is 2.21. The Morgan fingerprint density at radius 3 is 2.47 bits per heavy atom. The highest BCUT2D eigenvalue weighted by molar-refractivity contribution is 5.64. The molecule has 32 heavy (non-hydrogen) atoms. The summed E-state index contributed by atoms with van der Waals surface area (Å²) in [5, 5.41) is 16.2. The lowest BCUT2D eigenvalue weighted by Crippen LogP contribution is -2.24. The molecule has 1 saturated carbocycles. The lowest BCUT2D eigenvalue weighted by Gasteiger charge is -2.13. The van der Waals surface area contributed by atoms with Crippen molar-refractivity contribution in [2.24, 2.45) is 0 Å². The van der Waals surface area contributed by atoms with E-state index in [1.54, 1.807) is 0 Å². The van der Waals surface area contributed by atoms with E-state index >= 15 is 0 Å². The fourth-order valence-corrected chi connectivity index (χ4v) is 4.44. The molecule has 0 saturated heterocycles. The second kappa shape index (κ2) is 10.2. The standard InChI is InChI=1S/C25H32N4O3/c1-16-12-20(13-17(2)23(16)31-11-9-26-8-10-30)24-28-25(32-29-24)21-14-18(3)27-22(15-21)19-6-4-5-7-19/h12-15,19,26,30H,4-11H2,1-3H3. The molecule has 2 heterocycles. The van der Waals surface area contributed by atoms with Crippen LogP contribution in [-0.2, 0) is 0 Å². The lowest BCUT2D eigenvalue weighted by atomic mass is 10.0. The fourth-order valence-electron chi connectivity index (χ4n) is 4.44. The molecule has 1 aromatic carbocycles. The molecule has 0 spiro atoms. The highest BCUT2D eigenvalue weighted by atomic mass is 16.5. The zero-order valence-corrected chi connectivity index (χ0v) is 19.1. The van der Waals surface area contributed by atoms with E-state index in [2.05, 4.69) is 21.5 Å². The minimum absolute atomic E-state index is 0.125. The number of nitrogens with one attached hydrogen (secondary N) is 1. The van der Waals surface area contributed by atoms with Gasteiger partial charge in [0.15, 0.2) is 0 Å². The number of aliphatic hydroxyl groups excluding tert-OH is 1. The van der Waals surface area contributed by atoms with Crippen molar-refractivity contribution in [2.75, 3.05) is 26.3 Å². The zero-order chi connectivity index (χ0) is 22.5. The van der Waals surface area contributed by atoms with Crippen molar-refractivity contribution >= 4 is 0 Å². The van der Waals surface area contributed by atoms with Crippen molar-refractivity contribution in [3.63, 3.8) is 0 Å². The summed E-state index contributed by atoms with van der Waals surface area (Å²) in [6.45, 7) is 7.98. The molecule has 0 atom stereocenters. The van der Waals surface area contributed by atoms with Gasteiger partial charge in [0.25, 0.3) is 5.89 Å². The summed E-state index contributed by atoms with van der Waals surface area (Å²) < 4.78 is 11.6. The molecule has 170 valence electrons. The van der Waals surface area contributed by atoms with E-state index in [4.69, 9.17) is 19.4 Å². The van der Waals surface area contributed by atoms with Crippen LogP contribution in [0.15, 0.2) is 28.8 Å². The summed E-state index contributed by atoms with van der Waals surface area (Å²) in [5.74, 6) is 2.50. The largest absolute Gasteiger partial charge is 0.492 e. The van der Waals surface area contributed by atoms with Gasteiger partial charge in [-0.05, 0) is 69.0 Å². The second-order valence-corrected chi connectivity index (χ2v) is 8.59. The van der Waals surface area contributed by atoms with Gasteiger partial charge >= 0.3 is 0 Å². The first-order valence-corrected chi connectivity index (χ1v) is 11.4. The number of aromatic nitrogens is 3. The molecule has 3 aromatic rings. The van der Waals surface area contributed by atoms with Crippen LogP contribution in [0.25, 0.3) is 22.8 Å². The fraction of sp³-hybridized carbons (Fsp3) is 0.480. The Morgan fingerprint density at radius 1 is 1.00 bits per heavy atom. The summed E-state index contributed by atoms with van der Waals surface area (Å²) >= 11 is 0. The van der Waals surface area contributed by atoms with Crippen LogP contribution in [0.2, 0.25) is 0 Å². The average Bonchev–Trinajstić information content (AvgIpc) is 3.47. The minimum atomic E-state index is 0.125. The maximum atomic E-state index is 8.83. The van der Waals surface area contributed by atoms with Crippen LogP contribution in [0, 0.1) is 20.8 Å². The number of hydrogen-bond acceptors (Lipinski definition) is 7. The summed E-state index contributed by atoms with van der Waals surface area (Å²) in [7, 11) is 0. The first-order valence-electron chi connectivity index (χ1n) is 11.4. The maximum absolute atomic E-state index is 8.83. The molecular formula is C25H32N4O3. The van der Waals surface area contributed by atoms with E-state index in [0.717, 1.165) is 39.4 Å². The molecule has 7 nitrogen and oxygen atoms in total. The van der Waals surface area contributed by atoms with Crippen molar-refractivity contribution in [1.82, 2.24) is 20.4 Å². The second-order valence-electron chi connectivity index (χ2n) is 8.59. The summed E-state index contributed by atoms with van der Waals surface area (Å²) in [6.07, 6.45) is 4.96. The number of aryl methyl sites for hydroxylation is 3. The summed E-state index contributed by atoms with van der Waals surface area (Å²) in [6, 6.07) is 8.17. The SMILES string of the molecule is Cc1cc(-c2nc(-c3cc(C)c(OCCNCCO)c(C)c3)no2)cc(C2CCCC2)n1. The maximum Gasteiger partial charge on any atom is 0.258 e. The number of nitrogens with zero attached hydrogens (tertiary/aromatic N) is 3. The normalized spacial score (nSPS) is 14.2. The molecule has 1 aliphatic rings. The van der Waals surface area contributed by atoms with Gasteiger partial charge in [-0.15, -0.1) is 0 Å². The molecule has 1 aliphatic carbocycles. The molecule has 0 aliphatic heterocycles. The van der Waals surface area contributed by atoms with Gasteiger partial charge in [0.2, 0.25) is 5.82 Å². The number of pyridine rings is 1. The van der Waals surface area contributed by atoms with Crippen molar-refractivity contribution in [2.45, 2.75) is 52.4 Å². The van der Waals surface area contributed by atoms with Crippen molar-refractivity contribution in [3.8, 4) is 28.6 Å². The molecule has 0 bridgehead atoms. The molecule has 0 unspecified atom stereocenters. The molecule has 0 radical (unpaired) electrons. The molecule has 1 fully saturated rings. The Labute approximate surface area is 189 Å². The van der Waals surface area contributed by atoms with Gasteiger partial charge in [-0.2, -0.15) is 4.98 Å². The molecule has 2 aromatic heterocycles. The van der Waals surface area contributed by atoms with Crippen LogP contribution in [0.1, 0.15) is 54.1 Å². The molecule has 7 heteroatoms. The van der Waals surface area contributed by atoms with Gasteiger partial charge in [-0.1, -0.05) is 18.0 Å². The van der Waals surface area contributed by atoms with Crippen LogP contribution < -0.4 is 10.1 Å². The predicted molar refractivity (Wildman–Crippen MR) is 124 cm³/mol. The Hall–Kier alpha value is -2.77. The van der Waals surface area contributed by atoms with Gasteiger partial charge in [-0.3, -0.25) is 4.98 Å². The Bertz CT molecular complexity index is 1030. The van der Waals surface area contributed by atoms with E-state index < -0.39 is 0 Å². The van der Waals surface area contributed by atoms with Crippen LogP contribution in [0.3, 0.4) is 0 Å². The summed E-state index contributed by atoms with van der Waals surface area (Å²) in [4.78, 5) is 9.45. The third-order valence-corrected chi connectivity index (χ3v) is 5.95. The average molecular weight is 437 g/mol. The number of benzene rings is 1. The molecule has 0 amide bonds. The van der Waals surface area contributed by atoms with Crippen LogP contribution >= 0.6 is 0 Å². The zero-order valence-electron chi connectivity index (χ0n) is 19.1. The summed E-state index contributed by atoms with van der Waals surface area (Å²) in [5.41, 5.74) is 6.00. The van der Waals surface area contributed by atoms with Gasteiger partial charge in [0.1, 0.15) is 12.4 Å². The highest BCUT2D eigenvalue weighted by Crippen LogP contribution is 2.35. The first kappa shape index (κ1) is 22.4. The van der Waals surface area contributed by atoms with Gasteiger partial charge in [0.05, 0.1) is 6.61 Å². The molecule has 2 N–H and O–H groups in total. The number of aliphatic hydroxyl groups is 1. The first-order chi connectivity index (χ1) is 15.5. The van der Waals surface area contributed by atoms with Crippen molar-refractivity contribution in [3.05, 3.63) is 46.8 Å². The number of rotatable bonds is 9. The van der Waals surface area contributed by atoms with E-state index in [1.165, 1.54) is 25.7 Å². The van der Waals surface area contributed by atoms with E-state index in [1.807, 2.05) is 39.0 Å². The lowest BCUT2D eigenvalue weighted by molar-refractivity contribution is 0.274. The predicted octanol–water partition coefficient (Wildman–Crippen LogP) is 4.34. The number of hydrogen-bond donors (Lipinski definition) is 2. The van der Waals surface area contributed by atoms with E-state index in [0.29, 0.717) is 37.3 Å². The number of ether oxygens (including phenoxy) is 1. The third kappa shape index (κ3) is 5.16. The topological polar surface area (TPSA) is 93.3 Å². The van der Waals surface area contributed by atoms with Crippen LogP contribution in [-0.4, -0.2) is 46.5 Å². The Balaban J connectivity index is 1.52. The van der Waals surface area contributed by atoms with Crippen LogP contribution in [0.5, 0.6) is 5.75 Å². The Kier molecular flexibility index (Phi) is 7.17. The van der Waals surface area contributed by atoms with E-state index in [9.17, 15) is 0 Å². The monoisotopic (exact) mass is 436 g/mol. The Morgan fingerprint density at radius 2 is 1.75 bits per heavy atom. The van der Waals surface area contributed by atoms with Crippen LogP contribution in [0.4, 0.5) is 0 Å². The van der Waals surface area contributed by atoms with E-state index in [-0.39, 0.29) is 6.61 Å². The quantitative estimate of drug-likeness (QED) is 0.482.